The number of non-ortho nitro benzene ring substituents is 1. The molecule has 1 aliphatic carbocycles. The first-order valence-electron chi connectivity index (χ1n) is 8.23. The second-order valence-corrected chi connectivity index (χ2v) is 6.22. The summed E-state index contributed by atoms with van der Waals surface area (Å²) in [6.07, 6.45) is 2.24. The zero-order valence-electron chi connectivity index (χ0n) is 14.7. The van der Waals surface area contributed by atoms with Crippen molar-refractivity contribution >= 4 is 23.4 Å². The van der Waals surface area contributed by atoms with Crippen LogP contribution >= 0.6 is 0 Å². The molecular formula is C18H18N2O7. The largest absolute Gasteiger partial charge is 0.466 e. The van der Waals surface area contributed by atoms with Crippen molar-refractivity contribution in [3.8, 4) is 0 Å². The number of esters is 1. The van der Waals surface area contributed by atoms with Crippen molar-refractivity contribution in [2.75, 3.05) is 12.4 Å². The number of benzene rings is 1. The van der Waals surface area contributed by atoms with Crippen LogP contribution in [0.3, 0.4) is 0 Å². The van der Waals surface area contributed by atoms with Crippen LogP contribution in [0.4, 0.5) is 16.2 Å². The van der Waals surface area contributed by atoms with E-state index in [0.717, 1.165) is 5.57 Å². The smallest absolute Gasteiger partial charge is 0.414 e. The standard InChI is InChI=1S/C18H18N2O7/c1-10-3-8-13-14(16(21)25-2)9-26-17(15(10)13)27-18(22)19-11-4-6-12(7-5-11)20(23)24/h3-7,9,13,15,17H,8H2,1-2H3,(H,19,22). The van der Waals surface area contributed by atoms with E-state index in [4.69, 9.17) is 14.2 Å². The number of nitrogens with zero attached hydrogens (tertiary/aromatic N) is 1. The van der Waals surface area contributed by atoms with Gasteiger partial charge in [0.15, 0.2) is 0 Å². The molecule has 0 saturated carbocycles. The van der Waals surface area contributed by atoms with E-state index in [-0.39, 0.29) is 17.5 Å². The van der Waals surface area contributed by atoms with Gasteiger partial charge < -0.3 is 14.2 Å². The Labute approximate surface area is 154 Å². The van der Waals surface area contributed by atoms with Crippen molar-refractivity contribution in [2.45, 2.75) is 19.6 Å². The lowest BCUT2D eigenvalue weighted by Crippen LogP contribution is -2.38. The number of carbonyl (C=O) groups excluding carboxylic acids is 2. The molecule has 1 aromatic rings. The number of hydrogen-bond acceptors (Lipinski definition) is 7. The zero-order chi connectivity index (χ0) is 19.6. The first-order chi connectivity index (χ1) is 12.9. The van der Waals surface area contributed by atoms with Gasteiger partial charge in [-0.15, -0.1) is 0 Å². The molecule has 1 heterocycles. The number of anilines is 1. The van der Waals surface area contributed by atoms with Crippen molar-refractivity contribution in [2.24, 2.45) is 11.8 Å². The van der Waals surface area contributed by atoms with Crippen LogP contribution < -0.4 is 5.32 Å². The van der Waals surface area contributed by atoms with Crippen LogP contribution in [-0.4, -0.2) is 30.4 Å². The molecule has 9 nitrogen and oxygen atoms in total. The summed E-state index contributed by atoms with van der Waals surface area (Å²) in [4.78, 5) is 34.2. The molecular weight excluding hydrogens is 356 g/mol. The van der Waals surface area contributed by atoms with E-state index in [1.54, 1.807) is 0 Å². The van der Waals surface area contributed by atoms with Gasteiger partial charge in [-0.25, -0.2) is 9.59 Å². The summed E-state index contributed by atoms with van der Waals surface area (Å²) in [7, 11) is 1.30. The van der Waals surface area contributed by atoms with Gasteiger partial charge in [-0.1, -0.05) is 11.6 Å². The number of rotatable bonds is 4. The first-order valence-corrected chi connectivity index (χ1v) is 8.23. The number of allylic oxidation sites excluding steroid dienone is 1. The normalized spacial score (nSPS) is 23.3. The Balaban J connectivity index is 1.68. The van der Waals surface area contributed by atoms with Gasteiger partial charge in [0, 0.05) is 23.7 Å². The van der Waals surface area contributed by atoms with E-state index < -0.39 is 23.3 Å². The minimum absolute atomic E-state index is 0.0837. The summed E-state index contributed by atoms with van der Waals surface area (Å²) in [5.41, 5.74) is 1.64. The molecule has 9 heteroatoms. The highest BCUT2D eigenvalue weighted by Crippen LogP contribution is 2.43. The van der Waals surface area contributed by atoms with Gasteiger partial charge >= 0.3 is 12.1 Å². The molecule has 0 bridgehead atoms. The average Bonchev–Trinajstić information content (AvgIpc) is 3.04. The molecule has 27 heavy (non-hydrogen) atoms. The lowest BCUT2D eigenvalue weighted by Gasteiger charge is -2.33. The van der Waals surface area contributed by atoms with Crippen LogP contribution in [0.5, 0.6) is 0 Å². The molecule has 0 aromatic heterocycles. The highest BCUT2D eigenvalue weighted by Gasteiger charge is 2.44. The summed E-state index contributed by atoms with van der Waals surface area (Å²) in [5.74, 6) is -0.933. The Hall–Kier alpha value is -3.36. The summed E-state index contributed by atoms with van der Waals surface area (Å²) in [5, 5.41) is 13.2. The van der Waals surface area contributed by atoms with Gasteiger partial charge in [0.25, 0.3) is 12.0 Å². The quantitative estimate of drug-likeness (QED) is 0.372. The van der Waals surface area contributed by atoms with E-state index in [1.807, 2.05) is 13.0 Å². The fourth-order valence-corrected chi connectivity index (χ4v) is 3.29. The van der Waals surface area contributed by atoms with Gasteiger partial charge in [0.2, 0.25) is 0 Å². The zero-order valence-corrected chi connectivity index (χ0v) is 14.7. The predicted molar refractivity (Wildman–Crippen MR) is 93.5 cm³/mol. The van der Waals surface area contributed by atoms with E-state index in [9.17, 15) is 19.7 Å². The van der Waals surface area contributed by atoms with Gasteiger partial charge in [0.05, 0.1) is 29.8 Å². The van der Waals surface area contributed by atoms with Crippen LogP contribution in [0.25, 0.3) is 0 Å². The van der Waals surface area contributed by atoms with Gasteiger partial charge in [-0.05, 0) is 25.5 Å². The van der Waals surface area contributed by atoms with E-state index >= 15 is 0 Å². The highest BCUT2D eigenvalue weighted by atomic mass is 16.7. The molecule has 0 fully saturated rings. The topological polar surface area (TPSA) is 117 Å². The molecule has 1 N–H and O–H groups in total. The molecule has 3 unspecified atom stereocenters. The lowest BCUT2D eigenvalue weighted by molar-refractivity contribution is -0.384. The van der Waals surface area contributed by atoms with Crippen molar-refractivity contribution in [1.82, 2.24) is 0 Å². The van der Waals surface area contributed by atoms with Crippen molar-refractivity contribution < 1.29 is 28.7 Å². The maximum Gasteiger partial charge on any atom is 0.414 e. The van der Waals surface area contributed by atoms with E-state index in [2.05, 4.69) is 5.32 Å². The molecule has 3 atom stereocenters. The van der Waals surface area contributed by atoms with Crippen LogP contribution in [0.1, 0.15) is 13.3 Å². The van der Waals surface area contributed by atoms with Crippen LogP contribution in [0, 0.1) is 22.0 Å². The summed E-state index contributed by atoms with van der Waals surface area (Å²) < 4.78 is 15.6. The fourth-order valence-electron chi connectivity index (χ4n) is 3.29. The number of carbonyl (C=O) groups is 2. The third kappa shape index (κ3) is 3.76. The van der Waals surface area contributed by atoms with Gasteiger partial charge in [-0.3, -0.25) is 15.4 Å². The molecule has 1 aliphatic heterocycles. The van der Waals surface area contributed by atoms with Crippen molar-refractivity contribution in [3.05, 3.63) is 57.9 Å². The summed E-state index contributed by atoms with van der Waals surface area (Å²) in [6.45, 7) is 1.89. The second-order valence-electron chi connectivity index (χ2n) is 6.22. The molecule has 3 rings (SSSR count). The fraction of sp³-hybridized carbons (Fsp3) is 0.333. The Morgan fingerprint density at radius 2 is 2.00 bits per heavy atom. The molecule has 0 spiro atoms. The molecule has 1 amide bonds. The third-order valence-electron chi connectivity index (χ3n) is 4.64. The van der Waals surface area contributed by atoms with Gasteiger partial charge in [-0.2, -0.15) is 0 Å². The lowest BCUT2D eigenvalue weighted by atomic mass is 9.84. The average molecular weight is 374 g/mol. The summed E-state index contributed by atoms with van der Waals surface area (Å²) in [6, 6.07) is 5.36. The second kappa shape index (κ2) is 7.48. The van der Waals surface area contributed by atoms with Crippen molar-refractivity contribution in [3.63, 3.8) is 0 Å². The highest BCUT2D eigenvalue weighted by molar-refractivity contribution is 5.89. The van der Waals surface area contributed by atoms with E-state index in [0.29, 0.717) is 17.7 Å². The molecule has 0 radical (unpaired) electrons. The first kappa shape index (κ1) is 18.4. The third-order valence-corrected chi connectivity index (χ3v) is 4.64. The maximum atomic E-state index is 12.2. The number of nitro benzene ring substituents is 1. The van der Waals surface area contributed by atoms with E-state index in [1.165, 1.54) is 37.6 Å². The number of fused-ring (bicyclic) bond motifs is 1. The van der Waals surface area contributed by atoms with Crippen LogP contribution in [-0.2, 0) is 19.0 Å². The van der Waals surface area contributed by atoms with Crippen molar-refractivity contribution in [1.29, 1.82) is 0 Å². The summed E-state index contributed by atoms with van der Waals surface area (Å²) >= 11 is 0. The maximum absolute atomic E-state index is 12.2. The van der Waals surface area contributed by atoms with Gasteiger partial charge in [0.1, 0.15) is 0 Å². The Morgan fingerprint density at radius 1 is 1.30 bits per heavy atom. The molecule has 0 saturated heterocycles. The number of methoxy groups -OCH3 is 1. The predicted octanol–water partition coefficient (Wildman–Crippen LogP) is 3.14. The number of nitro groups is 1. The minimum Gasteiger partial charge on any atom is -0.466 e. The molecule has 142 valence electrons. The number of hydrogen-bond donors (Lipinski definition) is 1. The SMILES string of the molecule is COC(=O)C1=COC(OC(=O)Nc2ccc([N+](=O)[O-])cc2)C2C(C)=CCC12. The van der Waals surface area contributed by atoms with Crippen LogP contribution in [0.15, 0.2) is 47.7 Å². The Bertz CT molecular complexity index is 829. The minimum atomic E-state index is -0.889. The number of amides is 1. The monoisotopic (exact) mass is 374 g/mol. The number of nitrogens with one attached hydrogen (secondary N) is 1. The number of ether oxygens (including phenoxy) is 3. The Kier molecular flexibility index (Phi) is 5.11. The molecule has 2 aliphatic rings. The molecule has 1 aromatic carbocycles. The Morgan fingerprint density at radius 3 is 2.63 bits per heavy atom. The van der Waals surface area contributed by atoms with Crippen LogP contribution in [0.2, 0.25) is 0 Å².